The Morgan fingerprint density at radius 2 is 1.60 bits per heavy atom. The molecule has 2 aliphatic rings. The zero-order chi connectivity index (χ0) is 39.5. The van der Waals surface area contributed by atoms with E-state index in [2.05, 4.69) is 20.3 Å². The molecule has 10 nitrogen and oxygen atoms in total. The fraction of sp³-hybridized carbons (Fsp3) is 0.209. The van der Waals surface area contributed by atoms with Crippen LogP contribution in [0.5, 0.6) is 23.1 Å². The summed E-state index contributed by atoms with van der Waals surface area (Å²) in [5, 5.41) is 4.72. The largest absolute Gasteiger partial charge is 0.490 e. The molecule has 7 aromatic rings. The Morgan fingerprint density at radius 1 is 0.842 bits per heavy atom. The van der Waals surface area contributed by atoms with E-state index in [0.29, 0.717) is 68.7 Å². The summed E-state index contributed by atoms with van der Waals surface area (Å²) in [4.78, 5) is 20.1. The Morgan fingerprint density at radius 3 is 2.37 bits per heavy atom. The van der Waals surface area contributed by atoms with Crippen LogP contribution < -0.4 is 30.0 Å². The van der Waals surface area contributed by atoms with Crippen LogP contribution >= 0.6 is 34.5 Å². The number of nitrogens with one attached hydrogen (secondary N) is 1. The third-order valence-corrected chi connectivity index (χ3v) is 11.6. The van der Waals surface area contributed by atoms with Crippen LogP contribution in [0.3, 0.4) is 0 Å². The molecule has 0 spiro atoms. The number of halogens is 3. The standard InChI is InChI=1S/C43H37Cl2FN6O4S/c1-24-34-25(2)38(45)39(37(24)44)54-20-19-53-32-11-12-33(56-22-31-13-16-49-41(52-31)27-5-9-30(10-6-27)48-17-15-47)28(21-32)14-18-55-42-36-35(34)40(57-43(36)51-23-50-42)26-3-7-29(46)8-4-26/h3-13,16,21,23,48H,14-15,17-20,22,47H2,1-2H3. The summed E-state index contributed by atoms with van der Waals surface area (Å²) in [6.45, 7) is 5.98. The van der Waals surface area contributed by atoms with Gasteiger partial charge in [-0.05, 0) is 96.8 Å². The average Bonchev–Trinajstić information content (AvgIpc) is 3.62. The van der Waals surface area contributed by atoms with Crippen LogP contribution in [0.15, 0.2) is 85.3 Å². The first-order valence-electron chi connectivity index (χ1n) is 18.3. The molecule has 3 N–H and O–H groups in total. The summed E-state index contributed by atoms with van der Waals surface area (Å²) in [5.41, 5.74) is 13.0. The van der Waals surface area contributed by atoms with Crippen LogP contribution in [0.25, 0.3) is 43.2 Å². The molecule has 290 valence electrons. The summed E-state index contributed by atoms with van der Waals surface area (Å²) < 4.78 is 39.4. The van der Waals surface area contributed by atoms with Crippen molar-refractivity contribution in [2.24, 2.45) is 5.73 Å². The van der Waals surface area contributed by atoms with E-state index in [1.54, 1.807) is 18.3 Å². The lowest BCUT2D eigenvalue weighted by atomic mass is 9.92. The lowest BCUT2D eigenvalue weighted by Gasteiger charge is -2.20. The number of benzene rings is 4. The van der Waals surface area contributed by atoms with Crippen molar-refractivity contribution >= 4 is 50.4 Å². The maximum atomic E-state index is 14.1. The van der Waals surface area contributed by atoms with Gasteiger partial charge in [0.25, 0.3) is 0 Å². The van der Waals surface area contributed by atoms with E-state index in [0.717, 1.165) is 55.2 Å². The van der Waals surface area contributed by atoms with Gasteiger partial charge < -0.3 is 30.0 Å². The monoisotopic (exact) mass is 822 g/mol. The van der Waals surface area contributed by atoms with E-state index in [1.165, 1.54) is 29.8 Å². The van der Waals surface area contributed by atoms with E-state index in [-0.39, 0.29) is 32.2 Å². The Kier molecular flexibility index (Phi) is 11.4. The number of nitrogens with zero attached hydrogens (tertiary/aromatic N) is 4. The molecule has 0 saturated heterocycles. The minimum Gasteiger partial charge on any atom is -0.490 e. The highest BCUT2D eigenvalue weighted by Gasteiger charge is 2.28. The number of fused-ring (bicyclic) bond motifs is 7. The van der Waals surface area contributed by atoms with Gasteiger partial charge in [0.2, 0.25) is 5.88 Å². The van der Waals surface area contributed by atoms with Gasteiger partial charge in [0.1, 0.15) is 48.3 Å². The van der Waals surface area contributed by atoms with Crippen molar-refractivity contribution < 1.29 is 23.3 Å². The molecule has 0 fully saturated rings. The van der Waals surface area contributed by atoms with E-state index in [4.69, 9.17) is 52.9 Å². The summed E-state index contributed by atoms with van der Waals surface area (Å²) in [7, 11) is 0. The van der Waals surface area contributed by atoms with Crippen LogP contribution in [0.4, 0.5) is 10.1 Å². The molecule has 2 aliphatic heterocycles. The molecule has 5 heterocycles. The third-order valence-electron chi connectivity index (χ3n) is 9.56. The van der Waals surface area contributed by atoms with Gasteiger partial charge in [0.05, 0.1) is 27.7 Å². The molecule has 0 radical (unpaired) electrons. The number of aromatic nitrogens is 4. The lowest BCUT2D eigenvalue weighted by molar-refractivity contribution is 0.216. The number of nitrogens with two attached hydrogens (primary N) is 1. The fourth-order valence-electron chi connectivity index (χ4n) is 6.76. The SMILES string of the molecule is Cc1c(Cl)c2c(Cl)c(C)c1-c1c(-c3ccc(F)cc3)sc3ncnc(c13)OCCc1cc(ccc1OCc1ccnc(-c3ccc(NCCN)cc3)n1)OCCO2. The Labute approximate surface area is 342 Å². The molecule has 14 heteroatoms. The van der Waals surface area contributed by atoms with Gasteiger partial charge in [-0.15, -0.1) is 11.3 Å². The number of rotatable bonds is 8. The molecule has 4 bridgehead atoms. The quantitative estimate of drug-likeness (QED) is 0.153. The third kappa shape index (κ3) is 8.04. The zero-order valence-electron chi connectivity index (χ0n) is 31.1. The Balaban J connectivity index is 1.12. The molecule has 0 amide bonds. The van der Waals surface area contributed by atoms with Crippen LogP contribution in [-0.2, 0) is 13.0 Å². The number of hydrogen-bond donors (Lipinski definition) is 2. The molecule has 0 atom stereocenters. The van der Waals surface area contributed by atoms with Crippen molar-refractivity contribution in [1.29, 1.82) is 0 Å². The molecule has 0 saturated carbocycles. The van der Waals surface area contributed by atoms with Gasteiger partial charge in [-0.3, -0.25) is 0 Å². The topological polar surface area (TPSA) is 127 Å². The average molecular weight is 824 g/mol. The first kappa shape index (κ1) is 38.3. The summed E-state index contributed by atoms with van der Waals surface area (Å²) in [6, 6.07) is 21.8. The van der Waals surface area contributed by atoms with E-state index in [9.17, 15) is 4.39 Å². The van der Waals surface area contributed by atoms with Gasteiger partial charge in [0.15, 0.2) is 11.6 Å². The van der Waals surface area contributed by atoms with Crippen molar-refractivity contribution in [3.63, 3.8) is 0 Å². The van der Waals surface area contributed by atoms with Crippen LogP contribution in [0.1, 0.15) is 22.4 Å². The van der Waals surface area contributed by atoms with Crippen LogP contribution in [-0.4, -0.2) is 52.8 Å². The highest BCUT2D eigenvalue weighted by atomic mass is 35.5. The predicted octanol–water partition coefficient (Wildman–Crippen LogP) is 9.89. The number of anilines is 1. The van der Waals surface area contributed by atoms with Crippen LogP contribution in [0.2, 0.25) is 10.0 Å². The van der Waals surface area contributed by atoms with Crippen molar-refractivity contribution in [1.82, 2.24) is 19.9 Å². The first-order chi connectivity index (χ1) is 27.8. The summed E-state index contributed by atoms with van der Waals surface area (Å²) >= 11 is 15.5. The second-order valence-electron chi connectivity index (χ2n) is 13.3. The predicted molar refractivity (Wildman–Crippen MR) is 224 cm³/mol. The molecule has 0 aliphatic carbocycles. The van der Waals surface area contributed by atoms with Gasteiger partial charge in [-0.25, -0.2) is 24.3 Å². The summed E-state index contributed by atoms with van der Waals surface area (Å²) in [6.07, 6.45) is 3.67. The zero-order valence-corrected chi connectivity index (χ0v) is 33.4. The highest BCUT2D eigenvalue weighted by Crippen LogP contribution is 2.52. The number of thiophene rings is 1. The van der Waals surface area contributed by atoms with Crippen molar-refractivity contribution in [2.45, 2.75) is 26.9 Å². The first-order valence-corrected chi connectivity index (χ1v) is 19.9. The van der Waals surface area contributed by atoms with Gasteiger partial charge in [-0.1, -0.05) is 35.3 Å². The molecular weight excluding hydrogens is 786 g/mol. The normalized spacial score (nSPS) is 12.7. The second-order valence-corrected chi connectivity index (χ2v) is 15.0. The Hall–Kier alpha value is -5.53. The second kappa shape index (κ2) is 16.9. The van der Waals surface area contributed by atoms with Crippen molar-refractivity contribution in [3.8, 4) is 56.1 Å². The number of ether oxygens (including phenoxy) is 4. The maximum Gasteiger partial charge on any atom is 0.226 e. The molecule has 4 aromatic carbocycles. The smallest absolute Gasteiger partial charge is 0.226 e. The molecule has 0 unspecified atom stereocenters. The highest BCUT2D eigenvalue weighted by molar-refractivity contribution is 7.22. The Bertz CT molecular complexity index is 2540. The molecular formula is C43H37Cl2FN6O4S. The van der Waals surface area contributed by atoms with Crippen LogP contribution in [0, 0.1) is 19.7 Å². The lowest BCUT2D eigenvalue weighted by Crippen LogP contribution is -2.12. The minimum atomic E-state index is -0.334. The van der Waals surface area contributed by atoms with E-state index >= 15 is 0 Å². The molecule has 9 rings (SSSR count). The molecule has 57 heavy (non-hydrogen) atoms. The van der Waals surface area contributed by atoms with E-state index < -0.39 is 0 Å². The minimum absolute atomic E-state index is 0.192. The van der Waals surface area contributed by atoms with Gasteiger partial charge >= 0.3 is 0 Å². The fourth-order valence-corrected chi connectivity index (χ4v) is 8.44. The van der Waals surface area contributed by atoms with Crippen molar-refractivity contribution in [2.75, 3.05) is 38.2 Å². The van der Waals surface area contributed by atoms with Gasteiger partial charge in [0, 0.05) is 53.0 Å². The van der Waals surface area contributed by atoms with Gasteiger partial charge in [-0.2, -0.15) is 0 Å². The molecule has 3 aromatic heterocycles. The van der Waals surface area contributed by atoms with Crippen molar-refractivity contribution in [3.05, 3.63) is 124 Å². The van der Waals surface area contributed by atoms with E-state index in [1.807, 2.05) is 62.4 Å². The maximum absolute atomic E-state index is 14.1. The summed E-state index contributed by atoms with van der Waals surface area (Å²) in [5.74, 6) is 2.31. The number of hydrogen-bond acceptors (Lipinski definition) is 11.